The first-order chi connectivity index (χ1) is 11.5. The Hall–Kier alpha value is -3.22. The first kappa shape index (κ1) is 15.7. The number of carbonyl (C=O) groups is 1. The molecule has 3 rings (SSSR count). The smallest absolute Gasteiger partial charge is 0.323 e. The Morgan fingerprint density at radius 1 is 1.29 bits per heavy atom. The topological polar surface area (TPSA) is 84.2 Å². The van der Waals surface area contributed by atoms with Crippen LogP contribution in [0.1, 0.15) is 5.56 Å². The monoisotopic (exact) mass is 327 g/mol. The van der Waals surface area contributed by atoms with Gasteiger partial charge in [0.05, 0.1) is 23.0 Å². The molecule has 2 heterocycles. The van der Waals surface area contributed by atoms with Crippen molar-refractivity contribution in [3.8, 4) is 0 Å². The summed E-state index contributed by atoms with van der Waals surface area (Å²) in [6.45, 7) is 1.33. The van der Waals surface area contributed by atoms with Crippen molar-refractivity contribution in [3.63, 3.8) is 0 Å². The average Bonchev–Trinajstić information content (AvgIpc) is 2.52. The van der Waals surface area contributed by atoms with Gasteiger partial charge in [0.1, 0.15) is 12.4 Å². The highest BCUT2D eigenvalue weighted by atomic mass is 19.1. The minimum atomic E-state index is -1.12. The van der Waals surface area contributed by atoms with Crippen LogP contribution in [0.25, 0.3) is 10.8 Å². The van der Waals surface area contributed by atoms with E-state index >= 15 is 0 Å². The van der Waals surface area contributed by atoms with E-state index in [4.69, 9.17) is 5.11 Å². The van der Waals surface area contributed by atoms with E-state index in [1.165, 1.54) is 24.7 Å². The van der Waals surface area contributed by atoms with Gasteiger partial charge in [-0.25, -0.2) is 4.39 Å². The van der Waals surface area contributed by atoms with Gasteiger partial charge in [0.25, 0.3) is 5.56 Å². The van der Waals surface area contributed by atoms with Crippen LogP contribution in [0.3, 0.4) is 0 Å². The fourth-order valence-electron chi connectivity index (χ4n) is 2.45. The summed E-state index contributed by atoms with van der Waals surface area (Å²) in [5, 5.41) is 12.6. The van der Waals surface area contributed by atoms with Crippen molar-refractivity contribution in [2.45, 2.75) is 13.5 Å². The molecule has 7 heteroatoms. The van der Waals surface area contributed by atoms with Crippen molar-refractivity contribution in [3.05, 3.63) is 64.6 Å². The summed E-state index contributed by atoms with van der Waals surface area (Å²) in [6.07, 6.45) is 4.31. The molecule has 6 nitrogen and oxygen atoms in total. The summed E-state index contributed by atoms with van der Waals surface area (Å²) in [5.74, 6) is -1.57. The lowest BCUT2D eigenvalue weighted by Gasteiger charge is -2.11. The van der Waals surface area contributed by atoms with Gasteiger partial charge in [0.2, 0.25) is 0 Å². The summed E-state index contributed by atoms with van der Waals surface area (Å²) >= 11 is 0. The third-order valence-electron chi connectivity index (χ3n) is 3.58. The largest absolute Gasteiger partial charge is 0.480 e. The fourth-order valence-corrected chi connectivity index (χ4v) is 2.45. The van der Waals surface area contributed by atoms with Gasteiger partial charge in [-0.2, -0.15) is 0 Å². The second-order valence-corrected chi connectivity index (χ2v) is 5.40. The van der Waals surface area contributed by atoms with E-state index in [2.05, 4.69) is 10.3 Å². The van der Waals surface area contributed by atoms with E-state index in [0.717, 1.165) is 10.1 Å². The Labute approximate surface area is 136 Å². The highest BCUT2D eigenvalue weighted by Gasteiger charge is 2.12. The van der Waals surface area contributed by atoms with Crippen molar-refractivity contribution >= 4 is 28.1 Å². The maximum atomic E-state index is 14.0. The number of carboxylic acids is 1. The summed E-state index contributed by atoms with van der Waals surface area (Å²) in [4.78, 5) is 27.5. The number of rotatable bonds is 4. The van der Waals surface area contributed by atoms with Crippen LogP contribution < -0.4 is 10.9 Å². The molecule has 0 aliphatic heterocycles. The molecule has 0 aliphatic rings. The normalized spacial score (nSPS) is 10.8. The van der Waals surface area contributed by atoms with E-state index in [0.29, 0.717) is 11.1 Å². The fraction of sp³-hybridized carbons (Fsp3) is 0.118. The summed E-state index contributed by atoms with van der Waals surface area (Å²) in [5.41, 5.74) is 0.827. The van der Waals surface area contributed by atoms with E-state index < -0.39 is 23.9 Å². The number of halogens is 1. The molecule has 0 spiro atoms. The number of carboxylic acid groups (broad SMARTS) is 1. The number of hydrogen-bond donors (Lipinski definition) is 2. The summed E-state index contributed by atoms with van der Waals surface area (Å²) in [6, 6.07) is 6.29. The predicted octanol–water partition coefficient (Wildman–Crippen LogP) is 2.67. The maximum Gasteiger partial charge on any atom is 0.323 e. The van der Waals surface area contributed by atoms with Gasteiger partial charge in [0.15, 0.2) is 0 Å². The molecule has 0 radical (unpaired) electrons. The zero-order chi connectivity index (χ0) is 17.3. The van der Waals surface area contributed by atoms with E-state index in [1.54, 1.807) is 25.1 Å². The van der Waals surface area contributed by atoms with Crippen LogP contribution in [0.2, 0.25) is 0 Å². The standard InChI is InChI=1S/C17H14FN3O3/c1-10-2-3-13(12(18)6-10)20-14-8-19-7-11-4-5-21(9-15(22)23)17(24)16(11)14/h2-8,20H,9H2,1H3,(H,22,23). The van der Waals surface area contributed by atoms with Crippen LogP contribution in [0.5, 0.6) is 0 Å². The number of aromatic nitrogens is 2. The second-order valence-electron chi connectivity index (χ2n) is 5.40. The second kappa shape index (κ2) is 6.11. The molecular weight excluding hydrogens is 313 g/mol. The van der Waals surface area contributed by atoms with E-state index in [1.807, 2.05) is 0 Å². The Morgan fingerprint density at radius 2 is 2.08 bits per heavy atom. The highest BCUT2D eigenvalue weighted by Crippen LogP contribution is 2.25. The van der Waals surface area contributed by atoms with Crippen molar-refractivity contribution in [2.75, 3.05) is 5.32 Å². The Bertz CT molecular complexity index is 998. The molecule has 0 bridgehead atoms. The maximum absolute atomic E-state index is 14.0. The zero-order valence-electron chi connectivity index (χ0n) is 12.8. The molecule has 122 valence electrons. The third-order valence-corrected chi connectivity index (χ3v) is 3.58. The molecule has 0 amide bonds. The van der Waals surface area contributed by atoms with Crippen LogP contribution >= 0.6 is 0 Å². The number of benzene rings is 1. The molecule has 0 atom stereocenters. The molecule has 0 saturated carbocycles. The van der Waals surface area contributed by atoms with Crippen molar-refractivity contribution in [1.82, 2.24) is 9.55 Å². The zero-order valence-corrected chi connectivity index (χ0v) is 12.8. The first-order valence-electron chi connectivity index (χ1n) is 7.18. The Morgan fingerprint density at radius 3 is 2.79 bits per heavy atom. The number of aliphatic carboxylic acids is 1. The van der Waals surface area contributed by atoms with Gasteiger partial charge >= 0.3 is 5.97 Å². The molecular formula is C17H14FN3O3. The first-order valence-corrected chi connectivity index (χ1v) is 7.18. The molecule has 0 fully saturated rings. The predicted molar refractivity (Wildman–Crippen MR) is 88.1 cm³/mol. The Balaban J connectivity index is 2.13. The van der Waals surface area contributed by atoms with Gasteiger partial charge in [0, 0.05) is 17.8 Å². The molecule has 2 aromatic heterocycles. The number of nitrogens with one attached hydrogen (secondary N) is 1. The lowest BCUT2D eigenvalue weighted by atomic mass is 10.1. The van der Waals surface area contributed by atoms with Crippen molar-refractivity contribution in [2.24, 2.45) is 0 Å². The molecule has 2 N–H and O–H groups in total. The molecule has 0 saturated heterocycles. The number of nitrogens with zero attached hydrogens (tertiary/aromatic N) is 2. The lowest BCUT2D eigenvalue weighted by molar-refractivity contribution is -0.137. The minimum Gasteiger partial charge on any atom is -0.480 e. The highest BCUT2D eigenvalue weighted by molar-refractivity contribution is 5.93. The number of pyridine rings is 2. The van der Waals surface area contributed by atoms with Crippen molar-refractivity contribution in [1.29, 1.82) is 0 Å². The molecule has 3 aromatic rings. The SMILES string of the molecule is Cc1ccc(Nc2cncc3ccn(CC(=O)O)c(=O)c23)c(F)c1. The van der Waals surface area contributed by atoms with Gasteiger partial charge in [-0.3, -0.25) is 14.6 Å². The number of aryl methyl sites for hydroxylation is 1. The summed E-state index contributed by atoms with van der Waals surface area (Å²) < 4.78 is 15.1. The number of anilines is 2. The molecule has 0 unspecified atom stereocenters. The van der Waals surface area contributed by atoms with Gasteiger partial charge in [-0.15, -0.1) is 0 Å². The lowest BCUT2D eigenvalue weighted by Crippen LogP contribution is -2.24. The van der Waals surface area contributed by atoms with Gasteiger partial charge in [-0.1, -0.05) is 6.07 Å². The van der Waals surface area contributed by atoms with Gasteiger partial charge in [-0.05, 0) is 30.7 Å². The van der Waals surface area contributed by atoms with E-state index in [9.17, 15) is 14.0 Å². The quantitative estimate of drug-likeness (QED) is 0.769. The number of hydrogen-bond acceptors (Lipinski definition) is 4. The van der Waals surface area contributed by atoms with Gasteiger partial charge < -0.3 is 15.0 Å². The van der Waals surface area contributed by atoms with E-state index in [-0.39, 0.29) is 11.1 Å². The Kier molecular flexibility index (Phi) is 3.99. The van der Waals surface area contributed by atoms with Crippen LogP contribution in [0.15, 0.2) is 47.7 Å². The number of fused-ring (bicyclic) bond motifs is 1. The molecule has 1 aromatic carbocycles. The summed E-state index contributed by atoms with van der Waals surface area (Å²) in [7, 11) is 0. The molecule has 24 heavy (non-hydrogen) atoms. The van der Waals surface area contributed by atoms with Crippen molar-refractivity contribution < 1.29 is 14.3 Å². The van der Waals surface area contributed by atoms with Crippen LogP contribution in [-0.4, -0.2) is 20.6 Å². The van der Waals surface area contributed by atoms with Crippen LogP contribution in [0, 0.1) is 12.7 Å². The minimum absolute atomic E-state index is 0.211. The molecule has 0 aliphatic carbocycles. The van der Waals surface area contributed by atoms with Crippen LogP contribution in [-0.2, 0) is 11.3 Å². The average molecular weight is 327 g/mol. The van der Waals surface area contributed by atoms with Crippen LogP contribution in [0.4, 0.5) is 15.8 Å². The third kappa shape index (κ3) is 2.96.